The van der Waals surface area contributed by atoms with Gasteiger partial charge in [-0.15, -0.1) is 0 Å². The van der Waals surface area contributed by atoms with Gasteiger partial charge in [-0.1, -0.05) is 30.3 Å². The van der Waals surface area contributed by atoms with Crippen molar-refractivity contribution in [1.29, 1.82) is 0 Å². The van der Waals surface area contributed by atoms with Gasteiger partial charge in [0, 0.05) is 13.0 Å². The molecule has 0 saturated carbocycles. The van der Waals surface area contributed by atoms with E-state index in [1.54, 1.807) is 0 Å². The quantitative estimate of drug-likeness (QED) is 0.696. The first kappa shape index (κ1) is 22.9. The molecule has 0 aliphatic heterocycles. The van der Waals surface area contributed by atoms with Crippen molar-refractivity contribution in [3.8, 4) is 0 Å². The number of hydrogen-bond donors (Lipinski definition) is 1. The highest BCUT2D eigenvalue weighted by Crippen LogP contribution is 2.24. The number of anilines is 1. The van der Waals surface area contributed by atoms with Crippen LogP contribution < -0.4 is 9.62 Å². The Bertz CT molecular complexity index is 984. The van der Waals surface area contributed by atoms with Crippen molar-refractivity contribution in [2.75, 3.05) is 17.1 Å². The van der Waals surface area contributed by atoms with Crippen LogP contribution in [0.15, 0.2) is 36.4 Å². The third kappa shape index (κ3) is 6.32. The summed E-state index contributed by atoms with van der Waals surface area (Å²) in [5, 5.41) is 3.01. The highest BCUT2D eigenvalue weighted by atomic mass is 32.2. The molecule has 0 unspecified atom stereocenters. The van der Waals surface area contributed by atoms with Crippen LogP contribution in [0.3, 0.4) is 0 Å². The van der Waals surface area contributed by atoms with Gasteiger partial charge < -0.3 is 5.32 Å². The minimum Gasteiger partial charge on any atom is -0.350 e. The number of nitrogens with one attached hydrogen (secondary N) is 1. The van der Waals surface area contributed by atoms with Crippen LogP contribution in [0.25, 0.3) is 0 Å². The monoisotopic (exact) mass is 416 g/mol. The standard InChI is InChI=1S/C23H32N2O3S/c1-16-9-10-18(3)22(14-16)25(29(6,27)28)13-7-8-23(26)24-20(5)21-12-11-17(2)19(4)15-21/h9-12,14-15,20H,7-8,13H2,1-6H3,(H,24,26)/t20-/m1/s1. The summed E-state index contributed by atoms with van der Waals surface area (Å²) in [7, 11) is -3.43. The fraction of sp³-hybridized carbons (Fsp3) is 0.435. The van der Waals surface area contributed by atoms with Crippen molar-refractivity contribution in [1.82, 2.24) is 5.32 Å². The molecule has 5 nitrogen and oxygen atoms in total. The molecule has 0 spiro atoms. The van der Waals surface area contributed by atoms with E-state index in [4.69, 9.17) is 0 Å². The lowest BCUT2D eigenvalue weighted by Crippen LogP contribution is -2.33. The Hall–Kier alpha value is -2.34. The molecule has 0 fully saturated rings. The highest BCUT2D eigenvalue weighted by molar-refractivity contribution is 7.92. The second kappa shape index (κ2) is 9.44. The van der Waals surface area contributed by atoms with Crippen LogP contribution in [0.5, 0.6) is 0 Å². The van der Waals surface area contributed by atoms with E-state index in [0.29, 0.717) is 12.1 Å². The number of benzene rings is 2. The predicted octanol–water partition coefficient (Wildman–Crippen LogP) is 4.34. The molecule has 6 heteroatoms. The SMILES string of the molecule is Cc1ccc(C)c(N(CCCC(=O)N[C@H](C)c2ccc(C)c(C)c2)S(C)(=O)=O)c1. The molecule has 29 heavy (non-hydrogen) atoms. The number of hydrogen-bond acceptors (Lipinski definition) is 3. The summed E-state index contributed by atoms with van der Waals surface area (Å²) in [5.74, 6) is -0.0786. The molecule has 2 aromatic rings. The van der Waals surface area contributed by atoms with Gasteiger partial charge in [0.1, 0.15) is 0 Å². The number of carbonyl (C=O) groups excluding carboxylic acids is 1. The van der Waals surface area contributed by atoms with Gasteiger partial charge in [-0.25, -0.2) is 8.42 Å². The van der Waals surface area contributed by atoms with E-state index >= 15 is 0 Å². The molecule has 158 valence electrons. The molecule has 0 bridgehead atoms. The first-order chi connectivity index (χ1) is 13.5. The average molecular weight is 417 g/mol. The fourth-order valence-corrected chi connectivity index (χ4v) is 4.28. The number of sulfonamides is 1. The predicted molar refractivity (Wildman–Crippen MR) is 120 cm³/mol. The Morgan fingerprint density at radius 1 is 1.00 bits per heavy atom. The molecular weight excluding hydrogens is 384 g/mol. The summed E-state index contributed by atoms with van der Waals surface area (Å²) in [6, 6.07) is 11.8. The lowest BCUT2D eigenvalue weighted by molar-refractivity contribution is -0.121. The minimum atomic E-state index is -3.43. The second-order valence-electron chi connectivity index (χ2n) is 7.86. The maximum atomic E-state index is 12.4. The summed E-state index contributed by atoms with van der Waals surface area (Å²) in [6.45, 7) is 10.2. The van der Waals surface area contributed by atoms with E-state index in [9.17, 15) is 13.2 Å². The molecule has 0 aliphatic carbocycles. The fourth-order valence-electron chi connectivity index (χ4n) is 3.27. The van der Waals surface area contributed by atoms with Crippen LogP contribution in [-0.2, 0) is 14.8 Å². The average Bonchev–Trinajstić information content (AvgIpc) is 2.62. The van der Waals surface area contributed by atoms with Crippen molar-refractivity contribution >= 4 is 21.6 Å². The maximum absolute atomic E-state index is 12.4. The molecule has 0 radical (unpaired) electrons. The molecule has 1 atom stereocenters. The van der Waals surface area contributed by atoms with Crippen molar-refractivity contribution in [3.63, 3.8) is 0 Å². The van der Waals surface area contributed by atoms with Crippen LogP contribution in [0.4, 0.5) is 5.69 Å². The van der Waals surface area contributed by atoms with Crippen LogP contribution in [0.2, 0.25) is 0 Å². The molecule has 0 saturated heterocycles. The van der Waals surface area contributed by atoms with Crippen molar-refractivity contribution in [2.45, 2.75) is 53.5 Å². The number of amides is 1. The van der Waals surface area contributed by atoms with Crippen molar-refractivity contribution in [3.05, 3.63) is 64.2 Å². The van der Waals surface area contributed by atoms with Crippen LogP contribution >= 0.6 is 0 Å². The molecular formula is C23H32N2O3S. The van der Waals surface area contributed by atoms with E-state index < -0.39 is 10.0 Å². The Labute approximate surface area is 175 Å². The molecule has 0 aliphatic rings. The second-order valence-corrected chi connectivity index (χ2v) is 9.77. The van der Waals surface area contributed by atoms with E-state index in [0.717, 1.165) is 16.7 Å². The number of rotatable bonds is 8. The summed E-state index contributed by atoms with van der Waals surface area (Å²) in [5.41, 5.74) is 6.06. The molecule has 2 rings (SSSR count). The minimum absolute atomic E-state index is 0.0786. The third-order valence-electron chi connectivity index (χ3n) is 5.21. The molecule has 1 N–H and O–H groups in total. The molecule has 0 aromatic heterocycles. The highest BCUT2D eigenvalue weighted by Gasteiger charge is 2.20. The van der Waals surface area contributed by atoms with Gasteiger partial charge >= 0.3 is 0 Å². The molecule has 2 aromatic carbocycles. The van der Waals surface area contributed by atoms with Gasteiger partial charge in [0.2, 0.25) is 15.9 Å². The zero-order chi connectivity index (χ0) is 21.8. The van der Waals surface area contributed by atoms with E-state index in [-0.39, 0.29) is 24.9 Å². The van der Waals surface area contributed by atoms with Gasteiger partial charge in [0.25, 0.3) is 0 Å². The maximum Gasteiger partial charge on any atom is 0.232 e. The van der Waals surface area contributed by atoms with Crippen molar-refractivity contribution < 1.29 is 13.2 Å². The number of carbonyl (C=O) groups is 1. The van der Waals surface area contributed by atoms with Crippen LogP contribution in [0, 0.1) is 27.7 Å². The normalized spacial score (nSPS) is 12.5. The zero-order valence-electron chi connectivity index (χ0n) is 18.2. The van der Waals surface area contributed by atoms with Gasteiger partial charge in [-0.05, 0) is 74.9 Å². The lowest BCUT2D eigenvalue weighted by atomic mass is 10.0. The largest absolute Gasteiger partial charge is 0.350 e. The number of nitrogens with zero attached hydrogens (tertiary/aromatic N) is 1. The van der Waals surface area contributed by atoms with E-state index in [1.165, 1.54) is 21.7 Å². The molecule has 0 heterocycles. The Morgan fingerprint density at radius 2 is 1.66 bits per heavy atom. The van der Waals surface area contributed by atoms with Gasteiger partial charge in [-0.2, -0.15) is 0 Å². The Kier molecular flexibility index (Phi) is 7.47. The summed E-state index contributed by atoms with van der Waals surface area (Å²) in [4.78, 5) is 12.4. The van der Waals surface area contributed by atoms with Gasteiger partial charge in [0.05, 0.1) is 18.0 Å². The summed E-state index contributed by atoms with van der Waals surface area (Å²) in [6.07, 6.45) is 1.93. The van der Waals surface area contributed by atoms with E-state index in [2.05, 4.69) is 31.3 Å². The Morgan fingerprint density at radius 3 is 2.28 bits per heavy atom. The number of aryl methyl sites for hydroxylation is 4. The smallest absolute Gasteiger partial charge is 0.232 e. The topological polar surface area (TPSA) is 66.5 Å². The van der Waals surface area contributed by atoms with Gasteiger partial charge in [0.15, 0.2) is 0 Å². The molecule has 1 amide bonds. The lowest BCUT2D eigenvalue weighted by Gasteiger charge is -2.24. The van der Waals surface area contributed by atoms with Crippen LogP contribution in [0.1, 0.15) is 53.6 Å². The van der Waals surface area contributed by atoms with Crippen LogP contribution in [-0.4, -0.2) is 27.1 Å². The third-order valence-corrected chi connectivity index (χ3v) is 6.39. The zero-order valence-corrected chi connectivity index (χ0v) is 19.1. The summed E-state index contributed by atoms with van der Waals surface area (Å²) < 4.78 is 26.0. The summed E-state index contributed by atoms with van der Waals surface area (Å²) >= 11 is 0. The van der Waals surface area contributed by atoms with Gasteiger partial charge in [-0.3, -0.25) is 9.10 Å². The Balaban J connectivity index is 1.99. The first-order valence-corrected chi connectivity index (χ1v) is 11.8. The van der Waals surface area contributed by atoms with Crippen molar-refractivity contribution in [2.24, 2.45) is 0 Å². The van der Waals surface area contributed by atoms with E-state index in [1.807, 2.05) is 45.0 Å². The first-order valence-electron chi connectivity index (χ1n) is 9.90.